The second-order valence-electron chi connectivity index (χ2n) is 5.47. The number of anilines is 1. The molecule has 2 aliphatic heterocycles. The van der Waals surface area contributed by atoms with Gasteiger partial charge in [-0.15, -0.1) is 5.53 Å². The third-order valence-electron chi connectivity index (χ3n) is 4.08. The normalized spacial score (nSPS) is 16.1. The molecule has 2 aromatic carbocycles. The highest BCUT2D eigenvalue weighted by Gasteiger charge is 2.27. The number of hydrogen-bond donors (Lipinski definition) is 1. The number of nitrogens with zero attached hydrogens (tertiary/aromatic N) is 2. The van der Waals surface area contributed by atoms with Gasteiger partial charge >= 0.3 is 0 Å². The molecule has 112 valence electrons. The Morgan fingerprint density at radius 2 is 2.05 bits per heavy atom. The van der Waals surface area contributed by atoms with Gasteiger partial charge in [-0.25, -0.2) is 0 Å². The minimum Gasteiger partial charge on any atom is -0.494 e. The molecule has 22 heavy (non-hydrogen) atoms. The minimum atomic E-state index is 0.678. The Kier molecular flexibility index (Phi) is 3.24. The molecule has 0 amide bonds. The monoisotopic (exact) mass is 293 g/mol. The first-order valence-corrected chi connectivity index (χ1v) is 7.71. The van der Waals surface area contributed by atoms with Crippen LogP contribution in [-0.4, -0.2) is 18.2 Å². The molecule has 0 radical (unpaired) electrons. The van der Waals surface area contributed by atoms with Crippen LogP contribution in [0.25, 0.3) is 5.70 Å². The molecular weight excluding hydrogens is 274 g/mol. The standard InChI is InChI=1S/C18H19N3O/c1-2-22-16-8-5-7-15(12-16)21-13-18-17-9-4-3-6-14(17)10-11-20(18)19-21/h3-9,12-13,19H,2,10-11H2,1H3. The average Bonchev–Trinajstić information content (AvgIpc) is 3.00. The lowest BCUT2D eigenvalue weighted by molar-refractivity contribution is 0.307. The quantitative estimate of drug-likeness (QED) is 0.940. The molecule has 0 saturated heterocycles. The van der Waals surface area contributed by atoms with Gasteiger partial charge in [-0.3, -0.25) is 10.0 Å². The highest BCUT2D eigenvalue weighted by atomic mass is 16.5. The Bertz CT molecular complexity index is 726. The number of hydrogen-bond acceptors (Lipinski definition) is 4. The van der Waals surface area contributed by atoms with E-state index >= 15 is 0 Å². The van der Waals surface area contributed by atoms with E-state index in [0.717, 1.165) is 24.4 Å². The van der Waals surface area contributed by atoms with Gasteiger partial charge in [0, 0.05) is 24.4 Å². The lowest BCUT2D eigenvalue weighted by Gasteiger charge is -2.29. The first-order valence-electron chi connectivity index (χ1n) is 7.71. The van der Waals surface area contributed by atoms with Crippen LogP contribution in [0.4, 0.5) is 5.69 Å². The summed E-state index contributed by atoms with van der Waals surface area (Å²) in [5.74, 6) is 0.894. The summed E-state index contributed by atoms with van der Waals surface area (Å²) in [6, 6.07) is 16.8. The van der Waals surface area contributed by atoms with Crippen molar-refractivity contribution in [3.63, 3.8) is 0 Å². The summed E-state index contributed by atoms with van der Waals surface area (Å²) in [7, 11) is 0. The molecule has 2 aromatic rings. The zero-order valence-corrected chi connectivity index (χ0v) is 12.6. The van der Waals surface area contributed by atoms with Gasteiger partial charge in [-0.05, 0) is 31.0 Å². The molecule has 0 aliphatic carbocycles. The molecule has 4 nitrogen and oxygen atoms in total. The number of rotatable bonds is 3. The topological polar surface area (TPSA) is 27.7 Å². The van der Waals surface area contributed by atoms with Crippen LogP contribution < -0.4 is 15.3 Å². The third-order valence-corrected chi connectivity index (χ3v) is 4.08. The van der Waals surface area contributed by atoms with Gasteiger partial charge in [0.15, 0.2) is 0 Å². The molecule has 4 heteroatoms. The van der Waals surface area contributed by atoms with Crippen LogP contribution in [0.15, 0.2) is 54.7 Å². The summed E-state index contributed by atoms with van der Waals surface area (Å²) in [5, 5.41) is 4.26. The van der Waals surface area contributed by atoms with Crippen LogP contribution >= 0.6 is 0 Å². The Labute approximate surface area is 130 Å². The Morgan fingerprint density at radius 3 is 2.95 bits per heavy atom. The summed E-state index contributed by atoms with van der Waals surface area (Å²) < 4.78 is 5.59. The van der Waals surface area contributed by atoms with Crippen LogP contribution in [-0.2, 0) is 6.42 Å². The maximum atomic E-state index is 5.59. The molecular formula is C18H19N3O. The second-order valence-corrected chi connectivity index (χ2v) is 5.47. The van der Waals surface area contributed by atoms with Gasteiger partial charge in [0.25, 0.3) is 0 Å². The van der Waals surface area contributed by atoms with Gasteiger partial charge in [0.1, 0.15) is 5.75 Å². The van der Waals surface area contributed by atoms with Crippen LogP contribution in [0, 0.1) is 0 Å². The lowest BCUT2D eigenvalue weighted by atomic mass is 9.98. The first kappa shape index (κ1) is 13.2. The van der Waals surface area contributed by atoms with E-state index in [1.165, 1.54) is 16.8 Å². The first-order chi connectivity index (χ1) is 10.8. The Morgan fingerprint density at radius 1 is 1.14 bits per heavy atom. The van der Waals surface area contributed by atoms with Crippen LogP contribution in [0.3, 0.4) is 0 Å². The molecule has 0 bridgehead atoms. The zero-order chi connectivity index (χ0) is 14.9. The summed E-state index contributed by atoms with van der Waals surface area (Å²) in [6.45, 7) is 3.65. The Balaban J connectivity index is 1.67. The second kappa shape index (κ2) is 5.39. The van der Waals surface area contributed by atoms with Crippen LogP contribution in [0.1, 0.15) is 18.1 Å². The average molecular weight is 293 g/mol. The SMILES string of the molecule is CCOc1cccc(N2C=C3c4ccccc4CCN3N2)c1. The third kappa shape index (κ3) is 2.22. The van der Waals surface area contributed by atoms with Crippen molar-refractivity contribution >= 4 is 11.4 Å². The number of fused-ring (bicyclic) bond motifs is 3. The van der Waals surface area contributed by atoms with Crippen molar-refractivity contribution in [2.45, 2.75) is 13.3 Å². The van der Waals surface area contributed by atoms with Gasteiger partial charge in [0.2, 0.25) is 0 Å². The fraction of sp³-hybridized carbons (Fsp3) is 0.222. The van der Waals surface area contributed by atoms with Crippen molar-refractivity contribution in [3.8, 4) is 5.75 Å². The van der Waals surface area contributed by atoms with E-state index in [1.807, 2.05) is 19.1 Å². The molecule has 4 rings (SSSR count). The van der Waals surface area contributed by atoms with Gasteiger partial charge in [-0.2, -0.15) is 0 Å². The van der Waals surface area contributed by atoms with Crippen molar-refractivity contribution in [1.29, 1.82) is 0 Å². The maximum absolute atomic E-state index is 5.59. The molecule has 0 fully saturated rings. The van der Waals surface area contributed by atoms with Gasteiger partial charge in [-0.1, -0.05) is 30.3 Å². The largest absolute Gasteiger partial charge is 0.494 e. The van der Waals surface area contributed by atoms with Crippen molar-refractivity contribution in [3.05, 3.63) is 65.9 Å². The van der Waals surface area contributed by atoms with E-state index in [9.17, 15) is 0 Å². The molecule has 1 N–H and O–H groups in total. The van der Waals surface area contributed by atoms with Crippen LogP contribution in [0.5, 0.6) is 5.75 Å². The molecule has 0 saturated carbocycles. The summed E-state index contributed by atoms with van der Waals surface area (Å²) in [5.41, 5.74) is 8.46. The van der Waals surface area contributed by atoms with Gasteiger partial charge in [0.05, 0.1) is 18.0 Å². The molecule has 0 aromatic heterocycles. The minimum absolute atomic E-state index is 0.678. The summed E-state index contributed by atoms with van der Waals surface area (Å²) in [4.78, 5) is 0. The number of ether oxygens (including phenoxy) is 1. The molecule has 2 heterocycles. The van der Waals surface area contributed by atoms with Crippen molar-refractivity contribution in [1.82, 2.24) is 10.5 Å². The van der Waals surface area contributed by atoms with Crippen molar-refractivity contribution < 1.29 is 4.74 Å². The van der Waals surface area contributed by atoms with E-state index in [1.54, 1.807) is 0 Å². The fourth-order valence-corrected chi connectivity index (χ4v) is 3.03. The highest BCUT2D eigenvalue weighted by molar-refractivity contribution is 5.73. The van der Waals surface area contributed by atoms with E-state index in [4.69, 9.17) is 4.74 Å². The van der Waals surface area contributed by atoms with Crippen LogP contribution in [0.2, 0.25) is 0 Å². The summed E-state index contributed by atoms with van der Waals surface area (Å²) >= 11 is 0. The number of nitrogens with one attached hydrogen (secondary N) is 1. The van der Waals surface area contributed by atoms with E-state index in [2.05, 4.69) is 58.2 Å². The molecule has 0 atom stereocenters. The molecule has 2 aliphatic rings. The molecule has 0 spiro atoms. The lowest BCUT2D eigenvalue weighted by Crippen LogP contribution is -2.42. The Hall–Kier alpha value is -2.46. The van der Waals surface area contributed by atoms with E-state index in [-0.39, 0.29) is 0 Å². The van der Waals surface area contributed by atoms with Crippen molar-refractivity contribution in [2.75, 3.05) is 18.2 Å². The fourth-order valence-electron chi connectivity index (χ4n) is 3.03. The number of benzene rings is 2. The van der Waals surface area contributed by atoms with Gasteiger partial charge < -0.3 is 4.74 Å². The molecule has 0 unspecified atom stereocenters. The summed E-state index contributed by atoms with van der Waals surface area (Å²) in [6.07, 6.45) is 3.22. The van der Waals surface area contributed by atoms with Crippen molar-refractivity contribution in [2.24, 2.45) is 0 Å². The predicted octanol–water partition coefficient (Wildman–Crippen LogP) is 3.18. The smallest absolute Gasteiger partial charge is 0.121 e. The van der Waals surface area contributed by atoms with E-state index < -0.39 is 0 Å². The maximum Gasteiger partial charge on any atom is 0.121 e. The predicted molar refractivity (Wildman–Crippen MR) is 88.1 cm³/mol. The van der Waals surface area contributed by atoms with E-state index in [0.29, 0.717) is 6.61 Å². The highest BCUT2D eigenvalue weighted by Crippen LogP contribution is 2.33. The number of hydrazine groups is 2. The zero-order valence-electron chi connectivity index (χ0n) is 12.6.